The van der Waals surface area contributed by atoms with E-state index in [1.807, 2.05) is 12.1 Å². The van der Waals surface area contributed by atoms with Crippen LogP contribution in [0.4, 0.5) is 5.69 Å². The van der Waals surface area contributed by atoms with Crippen molar-refractivity contribution >= 4 is 34.1 Å². The molecule has 0 radical (unpaired) electrons. The topological polar surface area (TPSA) is 94.1 Å². The Morgan fingerprint density at radius 3 is 2.87 bits per heavy atom. The van der Waals surface area contributed by atoms with Crippen LogP contribution >= 0.6 is 11.6 Å². The molecule has 9 heteroatoms. The molecule has 2 aromatic carbocycles. The summed E-state index contributed by atoms with van der Waals surface area (Å²) in [7, 11) is 0. The number of carbonyl (C=O) groups excluding carboxylic acids is 1. The molecule has 1 aliphatic rings. The average Bonchev–Trinajstić information content (AvgIpc) is 3.37. The second-order valence-corrected chi connectivity index (χ2v) is 7.57. The fraction of sp³-hybridized carbons (Fsp3) is 0.190. The molecule has 0 aliphatic carbocycles. The van der Waals surface area contributed by atoms with Gasteiger partial charge in [0.25, 0.3) is 5.56 Å². The van der Waals surface area contributed by atoms with Crippen LogP contribution in [0.5, 0.6) is 0 Å². The normalized spacial score (nSPS) is 16.5. The molecule has 0 saturated carbocycles. The smallest absolute Gasteiger partial charge is 0.261 e. The molecule has 0 N–H and O–H groups in total. The minimum Gasteiger partial charge on any atom is -0.339 e. The zero-order valence-corrected chi connectivity index (χ0v) is 16.5. The van der Waals surface area contributed by atoms with Crippen LogP contribution in [0.15, 0.2) is 64.2 Å². The Morgan fingerprint density at radius 2 is 2.00 bits per heavy atom. The van der Waals surface area contributed by atoms with Gasteiger partial charge in [0, 0.05) is 23.7 Å². The number of halogens is 1. The number of aromatic nitrogens is 4. The van der Waals surface area contributed by atoms with Crippen LogP contribution in [0.3, 0.4) is 0 Å². The third-order valence-corrected chi connectivity index (χ3v) is 5.36. The van der Waals surface area contributed by atoms with Crippen molar-refractivity contribution in [2.45, 2.75) is 18.9 Å². The molecule has 0 bridgehead atoms. The highest BCUT2D eigenvalue weighted by molar-refractivity contribution is 6.30. The number of nitrogens with zero attached hydrogens (tertiary/aromatic N) is 5. The molecule has 0 unspecified atom stereocenters. The molecule has 30 heavy (non-hydrogen) atoms. The largest absolute Gasteiger partial charge is 0.339 e. The van der Waals surface area contributed by atoms with Crippen molar-refractivity contribution in [3.8, 4) is 0 Å². The standard InChI is InChI=1S/C21H16ClN5O3/c22-14-4-3-5-15(9-14)27-10-13(8-19(27)28)20-24-18(25-30-20)11-26-12-23-17-7-2-1-6-16(17)21(26)29/h1-7,9,12-13H,8,10-11H2/t13-/m1/s1. The number of amides is 1. The molecule has 3 heterocycles. The van der Waals surface area contributed by atoms with Crippen molar-refractivity contribution in [3.63, 3.8) is 0 Å². The first-order valence-electron chi connectivity index (χ1n) is 9.41. The first-order valence-corrected chi connectivity index (χ1v) is 9.79. The van der Waals surface area contributed by atoms with Gasteiger partial charge in [-0.05, 0) is 30.3 Å². The molecule has 2 aromatic heterocycles. The Hall–Kier alpha value is -3.52. The van der Waals surface area contributed by atoms with E-state index >= 15 is 0 Å². The summed E-state index contributed by atoms with van der Waals surface area (Å²) in [6, 6.07) is 14.3. The van der Waals surface area contributed by atoms with Crippen LogP contribution in [0, 0.1) is 0 Å². The maximum atomic E-state index is 12.6. The molecule has 1 aliphatic heterocycles. The molecule has 1 saturated heterocycles. The van der Waals surface area contributed by atoms with E-state index in [1.165, 1.54) is 10.9 Å². The summed E-state index contributed by atoms with van der Waals surface area (Å²) < 4.78 is 6.84. The molecule has 5 rings (SSSR count). The monoisotopic (exact) mass is 421 g/mol. The fourth-order valence-corrected chi connectivity index (χ4v) is 3.82. The van der Waals surface area contributed by atoms with Crippen molar-refractivity contribution < 1.29 is 9.32 Å². The van der Waals surface area contributed by atoms with Gasteiger partial charge in [0.15, 0.2) is 5.82 Å². The molecule has 1 amide bonds. The van der Waals surface area contributed by atoms with Crippen molar-refractivity contribution in [1.29, 1.82) is 0 Å². The number of hydrogen-bond acceptors (Lipinski definition) is 6. The fourth-order valence-electron chi connectivity index (χ4n) is 3.64. The summed E-state index contributed by atoms with van der Waals surface area (Å²) in [5.41, 5.74) is 1.21. The molecular weight excluding hydrogens is 406 g/mol. The number of fused-ring (bicyclic) bond motifs is 1. The minimum absolute atomic E-state index is 0.0306. The Kier molecular flexibility index (Phi) is 4.55. The second kappa shape index (κ2) is 7.38. The Labute approximate surface area is 175 Å². The molecular formula is C21H16ClN5O3. The van der Waals surface area contributed by atoms with Crippen LogP contribution in [-0.4, -0.2) is 32.1 Å². The SMILES string of the molecule is O=C1C[C@@H](c2nc(Cn3cnc4ccccc4c3=O)no2)CN1c1cccc(Cl)c1. The molecule has 1 fully saturated rings. The van der Waals surface area contributed by atoms with Crippen LogP contribution < -0.4 is 10.5 Å². The second-order valence-electron chi connectivity index (χ2n) is 7.13. The van der Waals surface area contributed by atoms with Gasteiger partial charge in [-0.2, -0.15) is 4.98 Å². The van der Waals surface area contributed by atoms with E-state index in [-0.39, 0.29) is 30.3 Å². The number of rotatable bonds is 4. The first-order chi connectivity index (χ1) is 14.6. The summed E-state index contributed by atoms with van der Waals surface area (Å²) in [5.74, 6) is 0.489. The molecule has 150 valence electrons. The number of benzene rings is 2. The zero-order chi connectivity index (χ0) is 20.7. The third kappa shape index (κ3) is 3.35. The van der Waals surface area contributed by atoms with Crippen molar-refractivity contribution in [2.75, 3.05) is 11.4 Å². The quantitative estimate of drug-likeness (QED) is 0.502. The maximum Gasteiger partial charge on any atom is 0.261 e. The van der Waals surface area contributed by atoms with Gasteiger partial charge in [0.2, 0.25) is 11.8 Å². The lowest BCUT2D eigenvalue weighted by Crippen LogP contribution is -2.24. The first kappa shape index (κ1) is 18.5. The van der Waals surface area contributed by atoms with E-state index < -0.39 is 0 Å². The number of para-hydroxylation sites is 1. The van der Waals surface area contributed by atoms with Gasteiger partial charge < -0.3 is 9.42 Å². The van der Waals surface area contributed by atoms with Crippen LogP contribution in [0.2, 0.25) is 5.02 Å². The van der Waals surface area contributed by atoms with E-state index in [0.717, 1.165) is 5.69 Å². The van der Waals surface area contributed by atoms with E-state index in [4.69, 9.17) is 16.1 Å². The van der Waals surface area contributed by atoms with Gasteiger partial charge in [-0.15, -0.1) is 0 Å². The zero-order valence-electron chi connectivity index (χ0n) is 15.7. The summed E-state index contributed by atoms with van der Waals surface area (Å²) in [4.78, 5) is 35.5. The summed E-state index contributed by atoms with van der Waals surface area (Å²) in [6.45, 7) is 0.567. The number of anilines is 1. The van der Waals surface area contributed by atoms with Gasteiger partial charge in [-0.3, -0.25) is 14.2 Å². The van der Waals surface area contributed by atoms with Gasteiger partial charge in [-0.25, -0.2) is 4.98 Å². The number of carbonyl (C=O) groups is 1. The molecule has 4 aromatic rings. The molecule has 0 spiro atoms. The van der Waals surface area contributed by atoms with Crippen LogP contribution in [0.1, 0.15) is 24.1 Å². The van der Waals surface area contributed by atoms with Crippen LogP contribution in [-0.2, 0) is 11.3 Å². The van der Waals surface area contributed by atoms with E-state index in [9.17, 15) is 9.59 Å². The Morgan fingerprint density at radius 1 is 1.13 bits per heavy atom. The van der Waals surface area contributed by atoms with Gasteiger partial charge in [0.05, 0.1) is 29.7 Å². The lowest BCUT2D eigenvalue weighted by molar-refractivity contribution is -0.117. The van der Waals surface area contributed by atoms with Gasteiger partial charge in [-0.1, -0.05) is 35.0 Å². The minimum atomic E-state index is -0.218. The lowest BCUT2D eigenvalue weighted by atomic mass is 10.1. The summed E-state index contributed by atoms with van der Waals surface area (Å²) in [5, 5.41) is 5.09. The lowest BCUT2D eigenvalue weighted by Gasteiger charge is -2.16. The highest BCUT2D eigenvalue weighted by Gasteiger charge is 2.35. The van der Waals surface area contributed by atoms with Crippen molar-refractivity contribution in [2.24, 2.45) is 0 Å². The molecule has 1 atom stereocenters. The van der Waals surface area contributed by atoms with Crippen molar-refractivity contribution in [1.82, 2.24) is 19.7 Å². The predicted octanol–water partition coefficient (Wildman–Crippen LogP) is 3.00. The van der Waals surface area contributed by atoms with Crippen molar-refractivity contribution in [3.05, 3.63) is 81.9 Å². The van der Waals surface area contributed by atoms with Gasteiger partial charge >= 0.3 is 0 Å². The Balaban J connectivity index is 1.36. The highest BCUT2D eigenvalue weighted by atomic mass is 35.5. The predicted molar refractivity (Wildman–Crippen MR) is 111 cm³/mol. The third-order valence-electron chi connectivity index (χ3n) is 5.12. The van der Waals surface area contributed by atoms with Gasteiger partial charge in [0.1, 0.15) is 0 Å². The van der Waals surface area contributed by atoms with E-state index in [2.05, 4.69) is 15.1 Å². The summed E-state index contributed by atoms with van der Waals surface area (Å²) in [6.07, 6.45) is 1.74. The highest BCUT2D eigenvalue weighted by Crippen LogP contribution is 2.32. The van der Waals surface area contributed by atoms with E-state index in [0.29, 0.717) is 34.2 Å². The maximum absolute atomic E-state index is 12.6. The summed E-state index contributed by atoms with van der Waals surface area (Å²) >= 11 is 6.04. The van der Waals surface area contributed by atoms with Crippen LogP contribution in [0.25, 0.3) is 10.9 Å². The Bertz CT molecular complexity index is 1320. The number of hydrogen-bond donors (Lipinski definition) is 0. The average molecular weight is 422 g/mol. The molecule has 8 nitrogen and oxygen atoms in total. The van der Waals surface area contributed by atoms with E-state index in [1.54, 1.807) is 41.3 Å².